The zero-order chi connectivity index (χ0) is 44.0. The Hall–Kier alpha value is -5.09. The van der Waals surface area contributed by atoms with Crippen molar-refractivity contribution in [3.05, 3.63) is 0 Å². The van der Waals surface area contributed by atoms with Crippen molar-refractivity contribution in [1.29, 1.82) is 0 Å². The van der Waals surface area contributed by atoms with Crippen LogP contribution in [-0.2, 0) is 38.4 Å². The number of hydrogen-bond donors (Lipinski definition) is 13. The lowest BCUT2D eigenvalue weighted by atomic mass is 10.0. The standard InChI is InChI=1S/C35H66N12O10/c1-17(2)15-24(42-21(7)50)32(55)46-28(20(6)49)34(57)47-27(19(5)48)33(56)44-22(11-8-9-13-36)30(53)41-16-25(51)43-23(12-10-14-40-35(38)39)31(54)45-26(18(3)4)29(37)52/h17-20,22-24,26-28,48-49H,8-16,36H2,1-7H3,(H2,37,52)(H,41,53)(H,42,50)(H,43,51)(H,44,56)(H,45,54)(H,46,55)(H,47,57)(H4,38,39,40)/t19-,20-,22+,23+,24+,26+,27+,28+/m1/s1. The lowest BCUT2D eigenvalue weighted by molar-refractivity contribution is -0.138. The molecule has 0 spiro atoms. The first-order valence-corrected chi connectivity index (χ1v) is 19.0. The normalized spacial score (nSPS) is 15.3. The number of nitrogens with zero attached hydrogens (tertiary/aromatic N) is 1. The number of amides is 8. The van der Waals surface area contributed by atoms with Gasteiger partial charge < -0.3 is 70.4 Å². The van der Waals surface area contributed by atoms with Gasteiger partial charge in [0.15, 0.2) is 5.96 Å². The van der Waals surface area contributed by atoms with Crippen LogP contribution in [0.25, 0.3) is 0 Å². The summed E-state index contributed by atoms with van der Waals surface area (Å²) < 4.78 is 0. The van der Waals surface area contributed by atoms with Crippen LogP contribution in [0.2, 0.25) is 0 Å². The van der Waals surface area contributed by atoms with Crippen LogP contribution in [0.15, 0.2) is 4.99 Å². The molecule has 0 aromatic rings. The number of carbonyl (C=O) groups is 8. The summed E-state index contributed by atoms with van der Waals surface area (Å²) in [5.74, 6) is -6.97. The number of hydrogen-bond acceptors (Lipinski definition) is 12. The number of unbranched alkanes of at least 4 members (excludes halogenated alkanes) is 1. The largest absolute Gasteiger partial charge is 0.391 e. The first-order chi connectivity index (χ1) is 26.5. The minimum Gasteiger partial charge on any atom is -0.391 e. The predicted molar refractivity (Wildman–Crippen MR) is 210 cm³/mol. The van der Waals surface area contributed by atoms with E-state index in [2.05, 4.69) is 42.2 Å². The number of nitrogens with one attached hydrogen (secondary N) is 7. The number of aliphatic hydroxyl groups excluding tert-OH is 2. The van der Waals surface area contributed by atoms with Crippen molar-refractivity contribution in [2.24, 2.45) is 39.8 Å². The van der Waals surface area contributed by atoms with Gasteiger partial charge in [0.25, 0.3) is 0 Å². The molecule has 0 aromatic carbocycles. The molecule has 0 saturated carbocycles. The molecular formula is C35H66N12O10. The third-order valence-corrected chi connectivity index (χ3v) is 8.40. The number of guanidine groups is 1. The molecule has 0 bridgehead atoms. The Kier molecular flexibility index (Phi) is 24.3. The Labute approximate surface area is 333 Å². The second-order valence-electron chi connectivity index (χ2n) is 14.6. The summed E-state index contributed by atoms with van der Waals surface area (Å²) in [4.78, 5) is 107. The van der Waals surface area contributed by atoms with Gasteiger partial charge in [-0.25, -0.2) is 0 Å². The third kappa shape index (κ3) is 21.1. The van der Waals surface area contributed by atoms with Crippen LogP contribution < -0.4 is 60.2 Å². The Morgan fingerprint density at radius 2 is 1.09 bits per heavy atom. The van der Waals surface area contributed by atoms with E-state index in [9.17, 15) is 48.6 Å². The minimum absolute atomic E-state index is 0.0253. The molecule has 0 heterocycles. The zero-order valence-electron chi connectivity index (χ0n) is 34.1. The quantitative estimate of drug-likeness (QED) is 0.0211. The van der Waals surface area contributed by atoms with Gasteiger partial charge in [0.05, 0.1) is 18.8 Å². The molecule has 0 aliphatic heterocycles. The first-order valence-electron chi connectivity index (χ1n) is 19.0. The number of nitrogens with two attached hydrogens (primary N) is 4. The number of aliphatic imine (C=N–C) groups is 1. The second kappa shape index (κ2) is 26.7. The van der Waals surface area contributed by atoms with Gasteiger partial charge in [-0.15, -0.1) is 0 Å². The molecule has 8 atom stereocenters. The van der Waals surface area contributed by atoms with Gasteiger partial charge in [-0.05, 0) is 70.8 Å². The van der Waals surface area contributed by atoms with Crippen LogP contribution in [0.5, 0.6) is 0 Å². The Morgan fingerprint density at radius 3 is 1.56 bits per heavy atom. The summed E-state index contributed by atoms with van der Waals surface area (Å²) in [7, 11) is 0. The van der Waals surface area contributed by atoms with Gasteiger partial charge in [0, 0.05) is 13.5 Å². The third-order valence-electron chi connectivity index (χ3n) is 8.40. The van der Waals surface area contributed by atoms with E-state index in [0.29, 0.717) is 12.8 Å². The number of primary amides is 1. The zero-order valence-corrected chi connectivity index (χ0v) is 34.1. The molecule has 0 aromatic heterocycles. The second-order valence-corrected chi connectivity index (χ2v) is 14.6. The first kappa shape index (κ1) is 51.9. The van der Waals surface area contributed by atoms with Crippen molar-refractivity contribution in [3.63, 3.8) is 0 Å². The highest BCUT2D eigenvalue weighted by molar-refractivity contribution is 5.97. The SMILES string of the molecule is CC(=O)N[C@@H](CC(C)C)C(=O)N[C@H](C(=O)N[C@H](C(=O)N[C@@H](CCCCN)C(=O)NCC(=O)N[C@@H](CCCN=C(N)N)C(=O)N[C@H](C(N)=O)C(C)C)[C@@H](C)O)[C@@H](C)O. The van der Waals surface area contributed by atoms with Crippen LogP contribution in [-0.4, -0.2) is 132 Å². The van der Waals surface area contributed by atoms with Crippen LogP contribution in [0.4, 0.5) is 0 Å². The van der Waals surface area contributed by atoms with Gasteiger partial charge in [-0.2, -0.15) is 0 Å². The fourth-order valence-electron chi connectivity index (χ4n) is 5.41. The molecule has 57 heavy (non-hydrogen) atoms. The van der Waals surface area contributed by atoms with E-state index in [0.717, 1.165) is 0 Å². The van der Waals surface area contributed by atoms with E-state index in [4.69, 9.17) is 22.9 Å². The van der Waals surface area contributed by atoms with Crippen LogP contribution >= 0.6 is 0 Å². The van der Waals surface area contributed by atoms with Gasteiger partial charge in [-0.3, -0.25) is 43.3 Å². The van der Waals surface area contributed by atoms with Gasteiger partial charge in [0.1, 0.15) is 36.3 Å². The van der Waals surface area contributed by atoms with E-state index in [1.807, 2.05) is 13.8 Å². The molecule has 22 nitrogen and oxygen atoms in total. The number of aliphatic hydroxyl groups is 2. The summed E-state index contributed by atoms with van der Waals surface area (Å²) in [5.41, 5.74) is 21.7. The molecule has 0 aliphatic carbocycles. The highest BCUT2D eigenvalue weighted by Gasteiger charge is 2.35. The Morgan fingerprint density at radius 1 is 0.596 bits per heavy atom. The van der Waals surface area contributed by atoms with Gasteiger partial charge in [-0.1, -0.05) is 27.7 Å². The van der Waals surface area contributed by atoms with Crippen molar-refractivity contribution in [3.8, 4) is 0 Å². The van der Waals surface area contributed by atoms with E-state index in [-0.39, 0.29) is 56.6 Å². The average molecular weight is 815 g/mol. The molecule has 326 valence electrons. The van der Waals surface area contributed by atoms with Crippen LogP contribution in [0.1, 0.15) is 87.0 Å². The van der Waals surface area contributed by atoms with E-state index >= 15 is 0 Å². The molecule has 17 N–H and O–H groups in total. The van der Waals surface area contributed by atoms with Gasteiger partial charge in [0.2, 0.25) is 47.3 Å². The van der Waals surface area contributed by atoms with E-state index in [1.54, 1.807) is 13.8 Å². The molecule has 22 heteroatoms. The highest BCUT2D eigenvalue weighted by Crippen LogP contribution is 2.09. The van der Waals surface area contributed by atoms with Crippen molar-refractivity contribution in [1.82, 2.24) is 37.2 Å². The summed E-state index contributed by atoms with van der Waals surface area (Å²) in [6, 6.07) is -7.82. The predicted octanol–water partition coefficient (Wildman–Crippen LogP) is -4.84. The van der Waals surface area contributed by atoms with Crippen molar-refractivity contribution in [2.75, 3.05) is 19.6 Å². The summed E-state index contributed by atoms with van der Waals surface area (Å²) in [5, 5.41) is 37.9. The monoisotopic (exact) mass is 815 g/mol. The fourth-order valence-corrected chi connectivity index (χ4v) is 5.41. The maximum absolute atomic E-state index is 13.5. The minimum atomic E-state index is -1.68. The van der Waals surface area contributed by atoms with Crippen LogP contribution in [0.3, 0.4) is 0 Å². The topological polar surface area (TPSA) is 378 Å². The maximum atomic E-state index is 13.5. The maximum Gasteiger partial charge on any atom is 0.245 e. The van der Waals surface area contributed by atoms with Crippen LogP contribution in [0, 0.1) is 11.8 Å². The average Bonchev–Trinajstić information content (AvgIpc) is 3.09. The molecule has 8 amide bonds. The number of carbonyl (C=O) groups excluding carboxylic acids is 8. The molecule has 0 aliphatic rings. The van der Waals surface area contributed by atoms with Crippen molar-refractivity contribution in [2.45, 2.75) is 135 Å². The molecule has 0 radical (unpaired) electrons. The summed E-state index contributed by atoms with van der Waals surface area (Å²) in [6.07, 6.45) is -1.65. The molecule has 0 rings (SSSR count). The summed E-state index contributed by atoms with van der Waals surface area (Å²) >= 11 is 0. The molecule has 0 unspecified atom stereocenters. The molecule has 0 saturated heterocycles. The van der Waals surface area contributed by atoms with E-state index in [1.165, 1.54) is 20.8 Å². The lowest BCUT2D eigenvalue weighted by Crippen LogP contribution is -2.62. The Bertz CT molecular complexity index is 1390. The number of rotatable bonds is 27. The molecule has 0 fully saturated rings. The smallest absolute Gasteiger partial charge is 0.245 e. The Balaban J connectivity index is 5.97. The van der Waals surface area contributed by atoms with E-state index < -0.39 is 102 Å². The fraction of sp³-hybridized carbons (Fsp3) is 0.743. The van der Waals surface area contributed by atoms with Crippen molar-refractivity contribution >= 4 is 53.2 Å². The molecular weight excluding hydrogens is 748 g/mol. The van der Waals surface area contributed by atoms with Crippen molar-refractivity contribution < 1.29 is 48.6 Å². The summed E-state index contributed by atoms with van der Waals surface area (Å²) in [6.45, 7) is 10.4. The van der Waals surface area contributed by atoms with Gasteiger partial charge >= 0.3 is 0 Å². The lowest BCUT2D eigenvalue weighted by Gasteiger charge is -2.29. The highest BCUT2D eigenvalue weighted by atomic mass is 16.3.